The van der Waals surface area contributed by atoms with E-state index in [0.29, 0.717) is 0 Å². The monoisotopic (exact) mass is 434 g/mol. The van der Waals surface area contributed by atoms with Crippen molar-refractivity contribution < 1.29 is 4.57 Å². The van der Waals surface area contributed by atoms with Crippen molar-refractivity contribution in [1.82, 2.24) is 9.38 Å². The number of aryl methyl sites for hydroxylation is 2. The third-order valence-electron chi connectivity index (χ3n) is 8.68. The number of aromatic nitrogens is 3. The van der Waals surface area contributed by atoms with Crippen molar-refractivity contribution >= 4 is 38.5 Å². The Bertz CT molecular complexity index is 1550. The van der Waals surface area contributed by atoms with E-state index >= 15 is 0 Å². The van der Waals surface area contributed by atoms with E-state index in [0.717, 1.165) is 17.4 Å². The summed E-state index contributed by atoms with van der Waals surface area (Å²) in [6.45, 7) is 2.23. The van der Waals surface area contributed by atoms with Gasteiger partial charge in [-0.15, -0.1) is 0 Å². The van der Waals surface area contributed by atoms with Crippen LogP contribution in [0.15, 0.2) is 48.7 Å². The molecule has 0 bridgehead atoms. The quantitative estimate of drug-likeness (QED) is 0.212. The summed E-state index contributed by atoms with van der Waals surface area (Å²) < 4.78 is 4.97. The fourth-order valence-corrected chi connectivity index (χ4v) is 7.05. The number of imidazole rings is 1. The third-order valence-corrected chi connectivity index (χ3v) is 8.68. The molecule has 3 heterocycles. The second kappa shape index (κ2) is 7.28. The second-order valence-corrected chi connectivity index (χ2v) is 10.5. The van der Waals surface area contributed by atoms with Gasteiger partial charge in [0.1, 0.15) is 5.52 Å². The molecule has 0 N–H and O–H groups in total. The highest BCUT2D eigenvalue weighted by Crippen LogP contribution is 2.44. The number of hydrogen-bond donors (Lipinski definition) is 0. The first kappa shape index (κ1) is 19.5. The van der Waals surface area contributed by atoms with Crippen LogP contribution in [0.1, 0.15) is 79.9 Å². The summed E-state index contributed by atoms with van der Waals surface area (Å²) in [6, 6.07) is 16.1. The summed E-state index contributed by atoms with van der Waals surface area (Å²) in [4.78, 5) is 4.87. The molecule has 0 aliphatic heterocycles. The van der Waals surface area contributed by atoms with Gasteiger partial charge in [0.2, 0.25) is 0 Å². The zero-order valence-electron chi connectivity index (χ0n) is 19.8. The van der Waals surface area contributed by atoms with Gasteiger partial charge >= 0.3 is 0 Å². The standard InChI is InChI=1S/C30H32N3/c1-19-15-16-31-29-22-13-7-8-14-25(22)33-27-18-24(21-11-5-6-12-21)23(20-9-3-4-10-20)17-26(27)32(2)30(33)28(19)29/h7-8,13-18,20-21H,3-6,9-12H2,1-2H3/q+1. The highest BCUT2D eigenvalue weighted by molar-refractivity contribution is 6.11. The van der Waals surface area contributed by atoms with Crippen molar-refractivity contribution in [2.75, 3.05) is 0 Å². The van der Waals surface area contributed by atoms with E-state index in [4.69, 9.17) is 4.98 Å². The molecule has 2 fully saturated rings. The molecule has 2 aliphatic rings. The molecule has 2 aliphatic carbocycles. The fraction of sp³-hybridized carbons (Fsp3) is 0.400. The summed E-state index contributed by atoms with van der Waals surface area (Å²) >= 11 is 0. The van der Waals surface area contributed by atoms with Crippen LogP contribution in [-0.4, -0.2) is 9.38 Å². The predicted octanol–water partition coefficient (Wildman–Crippen LogP) is 7.24. The van der Waals surface area contributed by atoms with Crippen LogP contribution in [-0.2, 0) is 7.05 Å². The first-order valence-electron chi connectivity index (χ1n) is 12.9. The SMILES string of the molecule is Cc1ccnc2c3ccccc3n3c4cc(C5CCCC5)c(C5CCCC5)cc4[n+](C)c3c12. The Kier molecular flexibility index (Phi) is 4.31. The lowest BCUT2D eigenvalue weighted by atomic mass is 9.85. The van der Waals surface area contributed by atoms with Crippen LogP contribution in [0.2, 0.25) is 0 Å². The van der Waals surface area contributed by atoms with E-state index < -0.39 is 0 Å². The van der Waals surface area contributed by atoms with E-state index in [2.05, 4.69) is 65.4 Å². The Balaban J connectivity index is 1.68. The number of para-hydroxylation sites is 1. The van der Waals surface area contributed by atoms with Crippen LogP contribution in [0, 0.1) is 6.92 Å². The van der Waals surface area contributed by atoms with Crippen LogP contribution in [0.25, 0.3) is 38.5 Å². The molecule has 0 spiro atoms. The minimum atomic E-state index is 0.732. The van der Waals surface area contributed by atoms with E-state index in [1.54, 1.807) is 11.1 Å². The maximum absolute atomic E-state index is 4.87. The van der Waals surface area contributed by atoms with Crippen molar-refractivity contribution in [1.29, 1.82) is 0 Å². The molecule has 5 aromatic rings. The van der Waals surface area contributed by atoms with Crippen molar-refractivity contribution in [2.45, 2.75) is 70.1 Å². The number of benzene rings is 2. The molecule has 3 nitrogen and oxygen atoms in total. The van der Waals surface area contributed by atoms with Gasteiger partial charge < -0.3 is 0 Å². The molecule has 3 heteroatoms. The molecule has 0 radical (unpaired) electrons. The van der Waals surface area contributed by atoms with E-state index in [1.165, 1.54) is 89.9 Å². The molecule has 2 aromatic carbocycles. The maximum Gasteiger partial charge on any atom is 0.297 e. The highest BCUT2D eigenvalue weighted by atomic mass is 15.1. The van der Waals surface area contributed by atoms with Crippen LogP contribution in [0.4, 0.5) is 0 Å². The van der Waals surface area contributed by atoms with E-state index in [9.17, 15) is 0 Å². The van der Waals surface area contributed by atoms with Gasteiger partial charge in [-0.25, -0.2) is 4.57 Å². The molecule has 3 aromatic heterocycles. The average Bonchev–Trinajstić information content (AvgIpc) is 3.61. The number of fused-ring (bicyclic) bond motifs is 8. The van der Waals surface area contributed by atoms with Crippen molar-refractivity contribution in [3.05, 3.63) is 65.4 Å². The average molecular weight is 435 g/mol. The Hall–Kier alpha value is -2.94. The second-order valence-electron chi connectivity index (χ2n) is 10.5. The van der Waals surface area contributed by atoms with Crippen LogP contribution in [0.3, 0.4) is 0 Å². The van der Waals surface area contributed by atoms with E-state index in [1.807, 2.05) is 6.20 Å². The lowest BCUT2D eigenvalue weighted by Crippen LogP contribution is -2.28. The first-order valence-corrected chi connectivity index (χ1v) is 12.9. The summed E-state index contributed by atoms with van der Waals surface area (Å²) in [6.07, 6.45) is 12.9. The fourth-order valence-electron chi connectivity index (χ4n) is 7.05. The summed E-state index contributed by atoms with van der Waals surface area (Å²) in [5.74, 6) is 1.47. The lowest BCUT2D eigenvalue weighted by Gasteiger charge is -2.19. The number of hydrogen-bond acceptors (Lipinski definition) is 1. The summed E-state index contributed by atoms with van der Waals surface area (Å²) in [5.41, 5.74) is 11.0. The van der Waals surface area contributed by atoms with Gasteiger partial charge in [0.05, 0.1) is 18.0 Å². The first-order chi connectivity index (χ1) is 16.2. The largest absolute Gasteiger partial charge is 0.297 e. The number of rotatable bonds is 2. The zero-order valence-corrected chi connectivity index (χ0v) is 19.8. The molecule has 33 heavy (non-hydrogen) atoms. The molecular weight excluding hydrogens is 402 g/mol. The topological polar surface area (TPSA) is 21.2 Å². The Morgan fingerprint density at radius 1 is 0.848 bits per heavy atom. The maximum atomic E-state index is 4.87. The molecule has 2 saturated carbocycles. The van der Waals surface area contributed by atoms with Gasteiger partial charge in [-0.1, -0.05) is 37.8 Å². The van der Waals surface area contributed by atoms with Gasteiger partial charge in [0, 0.05) is 11.6 Å². The van der Waals surface area contributed by atoms with Crippen LogP contribution >= 0.6 is 0 Å². The molecule has 0 unspecified atom stereocenters. The Morgan fingerprint density at radius 3 is 2.24 bits per heavy atom. The van der Waals surface area contributed by atoms with Crippen molar-refractivity contribution in [2.24, 2.45) is 7.05 Å². The van der Waals surface area contributed by atoms with Gasteiger partial charge in [0.25, 0.3) is 5.65 Å². The van der Waals surface area contributed by atoms with Crippen LogP contribution in [0.5, 0.6) is 0 Å². The van der Waals surface area contributed by atoms with Gasteiger partial charge in [-0.2, -0.15) is 4.40 Å². The molecule has 7 rings (SSSR count). The summed E-state index contributed by atoms with van der Waals surface area (Å²) in [7, 11) is 2.26. The minimum Gasteiger partial charge on any atom is -0.255 e. The normalized spacial score (nSPS) is 18.0. The predicted molar refractivity (Wildman–Crippen MR) is 136 cm³/mol. The summed E-state index contributed by atoms with van der Waals surface area (Å²) in [5, 5.41) is 2.52. The van der Waals surface area contributed by atoms with Gasteiger partial charge in [-0.3, -0.25) is 4.98 Å². The third kappa shape index (κ3) is 2.74. The smallest absolute Gasteiger partial charge is 0.255 e. The molecule has 0 atom stereocenters. The molecule has 0 amide bonds. The van der Waals surface area contributed by atoms with Crippen molar-refractivity contribution in [3.8, 4) is 0 Å². The zero-order chi connectivity index (χ0) is 22.1. The van der Waals surface area contributed by atoms with Crippen molar-refractivity contribution in [3.63, 3.8) is 0 Å². The van der Waals surface area contributed by atoms with Crippen LogP contribution < -0.4 is 4.57 Å². The molecule has 166 valence electrons. The number of pyridine rings is 2. The Morgan fingerprint density at radius 2 is 1.52 bits per heavy atom. The number of nitrogens with zero attached hydrogens (tertiary/aromatic N) is 3. The van der Waals surface area contributed by atoms with Gasteiger partial charge in [0.15, 0.2) is 11.0 Å². The molecule has 0 saturated heterocycles. The highest BCUT2D eigenvalue weighted by Gasteiger charge is 2.31. The lowest BCUT2D eigenvalue weighted by molar-refractivity contribution is -0.617. The Labute approximate surface area is 195 Å². The minimum absolute atomic E-state index is 0.732. The van der Waals surface area contributed by atoms with E-state index in [-0.39, 0.29) is 0 Å². The van der Waals surface area contributed by atoms with Gasteiger partial charge in [-0.05, 0) is 91.5 Å². The molecular formula is C30H32N3+.